The number of nitrogens with zero attached hydrogens (tertiary/aromatic N) is 2. The minimum atomic E-state index is -0.466. The van der Waals surface area contributed by atoms with E-state index in [1.165, 1.54) is 12.1 Å². The molecule has 2 rings (SSSR count). The van der Waals surface area contributed by atoms with Gasteiger partial charge in [-0.25, -0.2) is 19.6 Å². The molecule has 4 amide bonds. The maximum atomic E-state index is 12.0. The van der Waals surface area contributed by atoms with Gasteiger partial charge in [0, 0.05) is 35.6 Å². The van der Waals surface area contributed by atoms with Crippen LogP contribution in [0.1, 0.15) is 44.5 Å². The molecular formula is C19H28N8O4. The lowest BCUT2D eigenvalue weighted by atomic mass is 10.1. The van der Waals surface area contributed by atoms with Crippen LogP contribution in [0.3, 0.4) is 0 Å². The molecular weight excluding hydrogens is 404 g/mol. The summed E-state index contributed by atoms with van der Waals surface area (Å²) in [6.07, 6.45) is 2.12. The molecule has 12 heteroatoms. The Morgan fingerprint density at radius 1 is 0.839 bits per heavy atom. The number of carbonyl (C=O) groups excluding carboxylic acids is 2. The maximum absolute atomic E-state index is 12.0. The molecule has 0 spiro atoms. The number of urea groups is 2. The van der Waals surface area contributed by atoms with E-state index in [2.05, 4.69) is 41.2 Å². The SMILES string of the molecule is Cc1cc(=O)[nH]c(NC(=O)N[C@@H](C)CCC[C@H](C)NC(=O)Nc2nc(C)cc(=O)[nH]2)n1. The molecule has 12 nitrogen and oxygen atoms in total. The largest absolute Gasteiger partial charge is 0.335 e. The maximum Gasteiger partial charge on any atom is 0.321 e. The highest BCUT2D eigenvalue weighted by Gasteiger charge is 2.12. The van der Waals surface area contributed by atoms with Crippen molar-refractivity contribution in [1.29, 1.82) is 0 Å². The molecule has 0 aliphatic heterocycles. The Morgan fingerprint density at radius 2 is 1.23 bits per heavy atom. The smallest absolute Gasteiger partial charge is 0.321 e. The van der Waals surface area contributed by atoms with Crippen molar-refractivity contribution in [2.75, 3.05) is 10.6 Å². The lowest BCUT2D eigenvalue weighted by Crippen LogP contribution is -2.38. The Morgan fingerprint density at radius 3 is 1.58 bits per heavy atom. The van der Waals surface area contributed by atoms with Crippen molar-refractivity contribution in [1.82, 2.24) is 30.6 Å². The monoisotopic (exact) mass is 432 g/mol. The predicted molar refractivity (Wildman–Crippen MR) is 116 cm³/mol. The van der Waals surface area contributed by atoms with Gasteiger partial charge in [0.1, 0.15) is 0 Å². The lowest BCUT2D eigenvalue weighted by Gasteiger charge is -2.17. The van der Waals surface area contributed by atoms with Gasteiger partial charge in [0.15, 0.2) is 0 Å². The normalized spacial score (nSPS) is 12.5. The van der Waals surface area contributed by atoms with Gasteiger partial charge in [-0.05, 0) is 47.0 Å². The van der Waals surface area contributed by atoms with Crippen molar-refractivity contribution >= 4 is 24.0 Å². The second-order valence-corrected chi connectivity index (χ2v) is 7.40. The van der Waals surface area contributed by atoms with E-state index in [4.69, 9.17) is 0 Å². The molecule has 0 saturated heterocycles. The van der Waals surface area contributed by atoms with Gasteiger partial charge in [-0.15, -0.1) is 0 Å². The van der Waals surface area contributed by atoms with Gasteiger partial charge in [-0.2, -0.15) is 0 Å². The quantitative estimate of drug-likeness (QED) is 0.367. The molecule has 2 aromatic rings. The highest BCUT2D eigenvalue weighted by Crippen LogP contribution is 2.05. The summed E-state index contributed by atoms with van der Waals surface area (Å²) in [5, 5.41) is 10.5. The van der Waals surface area contributed by atoms with Crippen LogP contribution in [0.2, 0.25) is 0 Å². The van der Waals surface area contributed by atoms with E-state index in [9.17, 15) is 19.2 Å². The van der Waals surface area contributed by atoms with Crippen LogP contribution in [0, 0.1) is 13.8 Å². The molecule has 2 atom stereocenters. The number of hydrogen-bond donors (Lipinski definition) is 6. The summed E-state index contributed by atoms with van der Waals surface area (Å²) < 4.78 is 0. The van der Waals surface area contributed by atoms with Gasteiger partial charge in [0.25, 0.3) is 11.1 Å². The fourth-order valence-electron chi connectivity index (χ4n) is 2.89. The first-order valence-electron chi connectivity index (χ1n) is 9.91. The number of amides is 4. The molecule has 0 radical (unpaired) electrons. The van der Waals surface area contributed by atoms with Crippen LogP contribution in [0.4, 0.5) is 21.5 Å². The third kappa shape index (κ3) is 8.68. The van der Waals surface area contributed by atoms with E-state index in [0.717, 1.165) is 6.42 Å². The van der Waals surface area contributed by atoms with Crippen LogP contribution < -0.4 is 32.4 Å². The topological polar surface area (TPSA) is 174 Å². The number of carbonyl (C=O) groups is 2. The van der Waals surface area contributed by atoms with E-state index in [1.807, 2.05) is 13.8 Å². The summed E-state index contributed by atoms with van der Waals surface area (Å²) in [5.41, 5.74) is 0.321. The van der Waals surface area contributed by atoms with Crippen molar-refractivity contribution in [2.45, 2.75) is 59.0 Å². The molecule has 2 aromatic heterocycles. The zero-order valence-corrected chi connectivity index (χ0v) is 18.0. The predicted octanol–water partition coefficient (Wildman–Crippen LogP) is 1.36. The number of hydrogen-bond acceptors (Lipinski definition) is 6. The van der Waals surface area contributed by atoms with E-state index in [0.29, 0.717) is 24.2 Å². The molecule has 2 heterocycles. The third-order valence-corrected chi connectivity index (χ3v) is 4.23. The number of H-pyrrole nitrogens is 2. The van der Waals surface area contributed by atoms with Crippen molar-refractivity contribution in [3.05, 3.63) is 44.2 Å². The zero-order chi connectivity index (χ0) is 23.0. The third-order valence-electron chi connectivity index (χ3n) is 4.23. The van der Waals surface area contributed by atoms with Crippen molar-refractivity contribution in [3.63, 3.8) is 0 Å². The van der Waals surface area contributed by atoms with E-state index < -0.39 is 12.1 Å². The first-order chi connectivity index (χ1) is 14.6. The summed E-state index contributed by atoms with van der Waals surface area (Å²) in [5.74, 6) is 0.172. The molecule has 0 saturated carbocycles. The summed E-state index contributed by atoms with van der Waals surface area (Å²) in [7, 11) is 0. The Hall–Kier alpha value is -3.70. The van der Waals surface area contributed by atoms with Crippen molar-refractivity contribution in [3.8, 4) is 0 Å². The highest BCUT2D eigenvalue weighted by molar-refractivity contribution is 5.88. The second kappa shape index (κ2) is 10.9. The van der Waals surface area contributed by atoms with Gasteiger partial charge in [0.2, 0.25) is 11.9 Å². The highest BCUT2D eigenvalue weighted by atomic mass is 16.2. The van der Waals surface area contributed by atoms with Crippen LogP contribution in [0.25, 0.3) is 0 Å². The average molecular weight is 432 g/mol. The van der Waals surface area contributed by atoms with E-state index in [-0.39, 0.29) is 35.1 Å². The van der Waals surface area contributed by atoms with E-state index >= 15 is 0 Å². The summed E-state index contributed by atoms with van der Waals surface area (Å²) in [6, 6.07) is 1.48. The number of rotatable bonds is 8. The number of aryl methyl sites for hydroxylation is 2. The molecule has 31 heavy (non-hydrogen) atoms. The molecule has 6 N–H and O–H groups in total. The Labute approximate surface area is 178 Å². The molecule has 0 aromatic carbocycles. The number of aromatic nitrogens is 4. The van der Waals surface area contributed by atoms with Gasteiger partial charge < -0.3 is 10.6 Å². The second-order valence-electron chi connectivity index (χ2n) is 7.40. The number of anilines is 2. The average Bonchev–Trinajstić information content (AvgIpc) is 2.59. The van der Waals surface area contributed by atoms with Gasteiger partial charge in [0.05, 0.1) is 0 Å². The fourth-order valence-corrected chi connectivity index (χ4v) is 2.89. The molecule has 0 fully saturated rings. The standard InChI is InChI=1S/C19H28N8O4/c1-10(22-18(30)26-16-20-12(3)8-14(28)24-16)6-5-7-11(2)23-19(31)27-17-21-13(4)9-15(29)25-17/h8-11H,5-7H2,1-4H3,(H3,20,22,24,26,28,30)(H3,21,23,25,27,29,31)/t10-,11-/m0/s1. The van der Waals surface area contributed by atoms with Crippen LogP contribution in [0.5, 0.6) is 0 Å². The van der Waals surface area contributed by atoms with Gasteiger partial charge >= 0.3 is 12.1 Å². The van der Waals surface area contributed by atoms with Crippen LogP contribution >= 0.6 is 0 Å². The van der Waals surface area contributed by atoms with Crippen molar-refractivity contribution < 1.29 is 9.59 Å². The Kier molecular flexibility index (Phi) is 8.29. The molecule has 0 bridgehead atoms. The Balaban J connectivity index is 1.69. The van der Waals surface area contributed by atoms with Gasteiger partial charge in [-0.3, -0.25) is 30.2 Å². The number of nitrogens with one attached hydrogen (secondary N) is 6. The van der Waals surface area contributed by atoms with E-state index in [1.54, 1.807) is 13.8 Å². The minimum Gasteiger partial charge on any atom is -0.335 e. The Bertz CT molecular complexity index is 951. The van der Waals surface area contributed by atoms with Crippen LogP contribution in [0.15, 0.2) is 21.7 Å². The van der Waals surface area contributed by atoms with Gasteiger partial charge in [-0.1, -0.05) is 0 Å². The summed E-state index contributed by atoms with van der Waals surface area (Å²) >= 11 is 0. The molecule has 168 valence electrons. The van der Waals surface area contributed by atoms with Crippen molar-refractivity contribution in [2.24, 2.45) is 0 Å². The number of aromatic amines is 2. The molecule has 0 aliphatic rings. The zero-order valence-electron chi connectivity index (χ0n) is 18.0. The summed E-state index contributed by atoms with van der Waals surface area (Å²) in [6.45, 7) is 7.04. The minimum absolute atomic E-state index is 0.0861. The first kappa shape index (κ1) is 23.6. The molecule has 0 unspecified atom stereocenters. The lowest BCUT2D eigenvalue weighted by molar-refractivity contribution is 0.247. The van der Waals surface area contributed by atoms with Crippen LogP contribution in [-0.2, 0) is 0 Å². The first-order valence-corrected chi connectivity index (χ1v) is 9.91. The molecule has 0 aliphatic carbocycles. The summed E-state index contributed by atoms with van der Waals surface area (Å²) in [4.78, 5) is 59.8. The fraction of sp³-hybridized carbons (Fsp3) is 0.474. The van der Waals surface area contributed by atoms with Crippen LogP contribution in [-0.4, -0.2) is 44.1 Å².